The second-order valence-corrected chi connectivity index (χ2v) is 8.09. The molecule has 1 aromatic rings. The van der Waals surface area contributed by atoms with E-state index >= 15 is 0 Å². The first-order valence-electron chi connectivity index (χ1n) is 10.2. The average molecular weight is 402 g/mol. The lowest BCUT2D eigenvalue weighted by Gasteiger charge is -2.37. The Morgan fingerprint density at radius 3 is 2.55 bits per heavy atom. The number of carbonyl (C=O) groups excluding carboxylic acids is 4. The Morgan fingerprint density at radius 1 is 1.17 bits per heavy atom. The highest BCUT2D eigenvalue weighted by atomic mass is 16.3. The summed E-state index contributed by atoms with van der Waals surface area (Å²) in [5, 5.41) is 2.87. The van der Waals surface area contributed by atoms with E-state index in [1.165, 1.54) is 6.26 Å². The molecule has 1 saturated carbocycles. The van der Waals surface area contributed by atoms with Crippen LogP contribution in [0.4, 0.5) is 4.79 Å². The lowest BCUT2D eigenvalue weighted by molar-refractivity contribution is -0.141. The fourth-order valence-electron chi connectivity index (χ4n) is 4.59. The zero-order valence-electron chi connectivity index (χ0n) is 16.6. The van der Waals surface area contributed by atoms with Gasteiger partial charge in [0, 0.05) is 26.2 Å². The summed E-state index contributed by atoms with van der Waals surface area (Å²) < 4.78 is 5.14. The minimum atomic E-state index is -0.857. The second-order valence-electron chi connectivity index (χ2n) is 8.09. The number of imide groups is 1. The first-order chi connectivity index (χ1) is 13.9. The highest BCUT2D eigenvalue weighted by Gasteiger charge is 2.55. The van der Waals surface area contributed by atoms with Gasteiger partial charge in [0.15, 0.2) is 5.76 Å². The van der Waals surface area contributed by atoms with Crippen molar-refractivity contribution in [3.8, 4) is 0 Å². The predicted octanol–water partition coefficient (Wildman–Crippen LogP) is 1.06. The monoisotopic (exact) mass is 402 g/mol. The first kappa shape index (κ1) is 19.5. The van der Waals surface area contributed by atoms with Gasteiger partial charge in [0.2, 0.25) is 5.91 Å². The standard InChI is InChI=1S/C20H26N4O5/c1-14-5-2-3-7-20(14)18(27)24(19(28)21-20)13-16(25)22-8-10-23(11-9-22)17(26)15-6-4-12-29-15/h4,6,12,14H,2-3,5,7-11,13H2,1H3,(H,21,28)/t14-,20+/m0/s1. The SMILES string of the molecule is C[C@H]1CCCC[C@@]12NC(=O)N(CC(=O)N1CCN(C(=O)c3ccco3)CC1)C2=O. The number of amides is 5. The number of nitrogens with one attached hydrogen (secondary N) is 1. The van der Waals surface area contributed by atoms with E-state index in [2.05, 4.69) is 5.32 Å². The summed E-state index contributed by atoms with van der Waals surface area (Å²) in [7, 11) is 0. The maximum Gasteiger partial charge on any atom is 0.325 e. The molecule has 5 amide bonds. The molecule has 2 saturated heterocycles. The fourth-order valence-corrected chi connectivity index (χ4v) is 4.59. The van der Waals surface area contributed by atoms with Gasteiger partial charge in [-0.05, 0) is 30.9 Å². The average Bonchev–Trinajstić information content (AvgIpc) is 3.34. The molecule has 0 bridgehead atoms. The Labute approximate surface area is 169 Å². The molecule has 0 aromatic carbocycles. The third-order valence-corrected chi connectivity index (χ3v) is 6.45. The molecule has 3 heterocycles. The summed E-state index contributed by atoms with van der Waals surface area (Å²) in [5.74, 6) is -0.432. The molecule has 29 heavy (non-hydrogen) atoms. The van der Waals surface area contributed by atoms with Gasteiger partial charge >= 0.3 is 6.03 Å². The van der Waals surface area contributed by atoms with Crippen LogP contribution in [-0.4, -0.2) is 76.7 Å². The van der Waals surface area contributed by atoms with Crippen LogP contribution in [0.25, 0.3) is 0 Å². The summed E-state index contributed by atoms with van der Waals surface area (Å²) in [4.78, 5) is 54.8. The van der Waals surface area contributed by atoms with E-state index in [-0.39, 0.29) is 35.9 Å². The van der Waals surface area contributed by atoms with E-state index in [1.807, 2.05) is 6.92 Å². The topological polar surface area (TPSA) is 103 Å². The fraction of sp³-hybridized carbons (Fsp3) is 0.600. The Hall–Kier alpha value is -2.84. The molecule has 4 rings (SSSR count). The number of nitrogens with zero attached hydrogens (tertiary/aromatic N) is 3. The summed E-state index contributed by atoms with van der Waals surface area (Å²) in [6, 6.07) is 2.79. The zero-order valence-corrected chi connectivity index (χ0v) is 16.6. The van der Waals surface area contributed by atoms with Crippen LogP contribution in [0.15, 0.2) is 22.8 Å². The van der Waals surface area contributed by atoms with Crippen LogP contribution in [-0.2, 0) is 9.59 Å². The minimum Gasteiger partial charge on any atom is -0.459 e. The van der Waals surface area contributed by atoms with Crippen molar-refractivity contribution in [1.82, 2.24) is 20.0 Å². The molecule has 156 valence electrons. The molecule has 2 atom stereocenters. The van der Waals surface area contributed by atoms with Gasteiger partial charge < -0.3 is 19.5 Å². The Kier molecular flexibility index (Phi) is 5.06. The number of piperazine rings is 1. The van der Waals surface area contributed by atoms with E-state index in [1.54, 1.807) is 21.9 Å². The smallest absolute Gasteiger partial charge is 0.325 e. The number of urea groups is 1. The molecule has 1 aromatic heterocycles. The van der Waals surface area contributed by atoms with Gasteiger partial charge in [0.25, 0.3) is 11.8 Å². The summed E-state index contributed by atoms with van der Waals surface area (Å²) in [6.07, 6.45) is 4.90. The molecule has 0 radical (unpaired) electrons. The van der Waals surface area contributed by atoms with Crippen LogP contribution in [0.1, 0.15) is 43.2 Å². The normalized spacial score (nSPS) is 27.5. The van der Waals surface area contributed by atoms with Crippen molar-refractivity contribution in [2.45, 2.75) is 38.1 Å². The van der Waals surface area contributed by atoms with E-state index < -0.39 is 11.6 Å². The Morgan fingerprint density at radius 2 is 1.90 bits per heavy atom. The zero-order chi connectivity index (χ0) is 20.6. The lowest BCUT2D eigenvalue weighted by atomic mass is 9.73. The molecule has 1 spiro atoms. The number of hydrogen-bond acceptors (Lipinski definition) is 5. The van der Waals surface area contributed by atoms with Gasteiger partial charge in [-0.1, -0.05) is 19.8 Å². The molecule has 3 fully saturated rings. The molecule has 2 aliphatic heterocycles. The Balaban J connectivity index is 1.35. The van der Waals surface area contributed by atoms with Gasteiger partial charge in [-0.15, -0.1) is 0 Å². The van der Waals surface area contributed by atoms with Crippen LogP contribution in [0.5, 0.6) is 0 Å². The van der Waals surface area contributed by atoms with E-state index in [9.17, 15) is 19.2 Å². The van der Waals surface area contributed by atoms with Gasteiger partial charge in [-0.25, -0.2) is 4.79 Å². The van der Waals surface area contributed by atoms with Crippen LogP contribution >= 0.6 is 0 Å². The second kappa shape index (κ2) is 7.53. The summed E-state index contributed by atoms with van der Waals surface area (Å²) in [5.41, 5.74) is -0.857. The van der Waals surface area contributed by atoms with E-state index in [0.717, 1.165) is 24.2 Å². The van der Waals surface area contributed by atoms with Crippen molar-refractivity contribution in [2.75, 3.05) is 32.7 Å². The maximum atomic E-state index is 13.0. The molecule has 9 nitrogen and oxygen atoms in total. The Bertz CT molecular complexity index is 815. The molecule has 1 N–H and O–H groups in total. The molecule has 0 unspecified atom stereocenters. The van der Waals surface area contributed by atoms with E-state index in [4.69, 9.17) is 4.42 Å². The highest BCUT2D eigenvalue weighted by molar-refractivity contribution is 6.09. The number of carbonyl (C=O) groups is 4. The largest absolute Gasteiger partial charge is 0.459 e. The van der Waals surface area contributed by atoms with Crippen molar-refractivity contribution in [1.29, 1.82) is 0 Å². The summed E-state index contributed by atoms with van der Waals surface area (Å²) >= 11 is 0. The number of rotatable bonds is 3. The van der Waals surface area contributed by atoms with Crippen molar-refractivity contribution >= 4 is 23.8 Å². The van der Waals surface area contributed by atoms with Crippen molar-refractivity contribution in [2.24, 2.45) is 5.92 Å². The van der Waals surface area contributed by atoms with Crippen molar-refractivity contribution < 1.29 is 23.6 Å². The third kappa shape index (κ3) is 3.38. The number of furan rings is 1. The first-order valence-corrected chi connectivity index (χ1v) is 10.2. The quantitative estimate of drug-likeness (QED) is 0.762. The van der Waals surface area contributed by atoms with Crippen LogP contribution in [0, 0.1) is 5.92 Å². The van der Waals surface area contributed by atoms with E-state index in [0.29, 0.717) is 32.6 Å². The van der Waals surface area contributed by atoms with Gasteiger partial charge in [-0.3, -0.25) is 19.3 Å². The van der Waals surface area contributed by atoms with Gasteiger partial charge in [0.1, 0.15) is 12.1 Å². The molecular weight excluding hydrogens is 376 g/mol. The summed E-state index contributed by atoms with van der Waals surface area (Å²) in [6.45, 7) is 3.20. The molecule has 3 aliphatic rings. The van der Waals surface area contributed by atoms with Gasteiger partial charge in [0.05, 0.1) is 6.26 Å². The van der Waals surface area contributed by atoms with Crippen LogP contribution in [0.3, 0.4) is 0 Å². The van der Waals surface area contributed by atoms with Crippen molar-refractivity contribution in [3.05, 3.63) is 24.2 Å². The third-order valence-electron chi connectivity index (χ3n) is 6.45. The van der Waals surface area contributed by atoms with Crippen LogP contribution in [0.2, 0.25) is 0 Å². The molecular formula is C20H26N4O5. The highest BCUT2D eigenvalue weighted by Crippen LogP contribution is 2.38. The predicted molar refractivity (Wildman–Crippen MR) is 102 cm³/mol. The maximum absolute atomic E-state index is 13.0. The van der Waals surface area contributed by atoms with Gasteiger partial charge in [-0.2, -0.15) is 0 Å². The van der Waals surface area contributed by atoms with Crippen LogP contribution < -0.4 is 5.32 Å². The molecule has 1 aliphatic carbocycles. The molecule has 9 heteroatoms. The van der Waals surface area contributed by atoms with Crippen molar-refractivity contribution in [3.63, 3.8) is 0 Å². The lowest BCUT2D eigenvalue weighted by Crippen LogP contribution is -2.55. The minimum absolute atomic E-state index is 0.0592. The number of hydrogen-bond donors (Lipinski definition) is 1.